The third-order valence-electron chi connectivity index (χ3n) is 5.81. The Labute approximate surface area is 176 Å². The molecule has 1 saturated heterocycles. The molecule has 8 heteroatoms. The fraction of sp³-hybridized carbons (Fsp3) is 0.364. The Morgan fingerprint density at radius 1 is 1.13 bits per heavy atom. The number of imidazole rings is 1. The molecule has 0 spiro atoms. The van der Waals surface area contributed by atoms with Crippen LogP contribution in [0.25, 0.3) is 11.0 Å². The van der Waals surface area contributed by atoms with Crippen molar-refractivity contribution in [1.29, 1.82) is 0 Å². The van der Waals surface area contributed by atoms with Crippen LogP contribution in [0, 0.1) is 19.8 Å². The number of hydrogen-bond acceptors (Lipinski definition) is 4. The maximum absolute atomic E-state index is 12.9. The van der Waals surface area contributed by atoms with E-state index in [9.17, 15) is 13.2 Å². The van der Waals surface area contributed by atoms with Gasteiger partial charge in [-0.3, -0.25) is 4.79 Å². The van der Waals surface area contributed by atoms with E-state index < -0.39 is 10.0 Å². The molecule has 0 aliphatic carbocycles. The summed E-state index contributed by atoms with van der Waals surface area (Å²) in [6.45, 7) is 4.89. The van der Waals surface area contributed by atoms with Gasteiger partial charge in [-0.2, -0.15) is 4.31 Å². The van der Waals surface area contributed by atoms with Crippen molar-refractivity contribution in [2.45, 2.75) is 38.1 Å². The van der Waals surface area contributed by atoms with Crippen LogP contribution in [0.5, 0.6) is 0 Å². The summed E-state index contributed by atoms with van der Waals surface area (Å²) in [5, 5.41) is 2.93. The third-order valence-corrected chi connectivity index (χ3v) is 7.70. The average Bonchev–Trinajstić information content (AvgIpc) is 3.17. The zero-order chi connectivity index (χ0) is 21.3. The van der Waals surface area contributed by atoms with Crippen molar-refractivity contribution in [3.63, 3.8) is 0 Å². The van der Waals surface area contributed by atoms with Crippen molar-refractivity contribution in [3.8, 4) is 0 Å². The number of hydrogen-bond donors (Lipinski definition) is 2. The monoisotopic (exact) mass is 426 g/mol. The molecule has 1 amide bonds. The van der Waals surface area contributed by atoms with Crippen molar-refractivity contribution in [1.82, 2.24) is 19.6 Å². The third kappa shape index (κ3) is 4.11. The quantitative estimate of drug-likeness (QED) is 0.656. The van der Waals surface area contributed by atoms with E-state index in [0.717, 1.165) is 22.2 Å². The number of benzene rings is 2. The van der Waals surface area contributed by atoms with Crippen molar-refractivity contribution < 1.29 is 13.2 Å². The number of carbonyl (C=O) groups excluding carboxylic acids is 1. The number of sulfonamides is 1. The van der Waals surface area contributed by atoms with Crippen molar-refractivity contribution in [2.75, 3.05) is 13.1 Å². The first kappa shape index (κ1) is 20.6. The van der Waals surface area contributed by atoms with Gasteiger partial charge < -0.3 is 10.3 Å². The second-order valence-corrected chi connectivity index (χ2v) is 9.78. The van der Waals surface area contributed by atoms with E-state index in [4.69, 9.17) is 0 Å². The summed E-state index contributed by atoms with van der Waals surface area (Å²) in [4.78, 5) is 20.5. The first-order chi connectivity index (χ1) is 14.3. The van der Waals surface area contributed by atoms with Crippen LogP contribution >= 0.6 is 0 Å². The summed E-state index contributed by atoms with van der Waals surface area (Å²) < 4.78 is 27.4. The molecule has 1 aromatic heterocycles. The Balaban J connectivity index is 1.34. The van der Waals surface area contributed by atoms with Gasteiger partial charge in [-0.1, -0.05) is 18.2 Å². The summed E-state index contributed by atoms with van der Waals surface area (Å²) in [7, 11) is -3.53. The molecule has 1 aliphatic heterocycles. The highest BCUT2D eigenvalue weighted by Gasteiger charge is 2.32. The zero-order valence-electron chi connectivity index (χ0n) is 17.2. The summed E-state index contributed by atoms with van der Waals surface area (Å²) >= 11 is 0. The van der Waals surface area contributed by atoms with Crippen LogP contribution in [-0.4, -0.2) is 41.7 Å². The molecule has 0 atom stereocenters. The summed E-state index contributed by atoms with van der Waals surface area (Å²) in [6.07, 6.45) is 1.02. The Morgan fingerprint density at radius 3 is 2.57 bits per heavy atom. The minimum absolute atomic E-state index is 0.0568. The van der Waals surface area contributed by atoms with Crippen LogP contribution in [0.3, 0.4) is 0 Å². The smallest absolute Gasteiger partial charge is 0.243 e. The lowest BCUT2D eigenvalue weighted by molar-refractivity contribution is -0.126. The molecule has 4 rings (SSSR count). The van der Waals surface area contributed by atoms with Gasteiger partial charge in [0.25, 0.3) is 0 Å². The topological polar surface area (TPSA) is 95.2 Å². The molecule has 3 aromatic rings. The molecule has 2 heterocycles. The summed E-state index contributed by atoms with van der Waals surface area (Å²) in [5.41, 5.74) is 3.82. The highest BCUT2D eigenvalue weighted by Crippen LogP contribution is 2.25. The number of H-pyrrole nitrogens is 1. The zero-order valence-corrected chi connectivity index (χ0v) is 18.0. The lowest BCUT2D eigenvalue weighted by Gasteiger charge is -2.30. The Morgan fingerprint density at radius 2 is 1.87 bits per heavy atom. The lowest BCUT2D eigenvalue weighted by Crippen LogP contribution is -2.42. The number of fused-ring (bicyclic) bond motifs is 1. The molecule has 0 radical (unpaired) electrons. The molecular weight excluding hydrogens is 400 g/mol. The van der Waals surface area contributed by atoms with Gasteiger partial charge in [0.1, 0.15) is 5.82 Å². The number of piperidine rings is 1. The van der Waals surface area contributed by atoms with Gasteiger partial charge in [-0.25, -0.2) is 13.4 Å². The summed E-state index contributed by atoms with van der Waals surface area (Å²) in [5.74, 6) is 0.457. The number of rotatable bonds is 5. The van der Waals surface area contributed by atoms with Gasteiger partial charge >= 0.3 is 0 Å². The second-order valence-electron chi connectivity index (χ2n) is 7.84. The average molecular weight is 427 g/mol. The van der Waals surface area contributed by atoms with E-state index in [-0.39, 0.29) is 11.8 Å². The normalized spacial score (nSPS) is 16.1. The molecule has 2 aromatic carbocycles. The van der Waals surface area contributed by atoms with Gasteiger partial charge in [0.05, 0.1) is 22.5 Å². The number of nitrogens with one attached hydrogen (secondary N) is 2. The first-order valence-corrected chi connectivity index (χ1v) is 11.6. The number of aryl methyl sites for hydroxylation is 2. The minimum Gasteiger partial charge on any atom is -0.349 e. The standard InChI is InChI=1S/C22H26N4O3S/c1-15-7-8-18(13-16(15)2)30(28,29)26-11-9-17(10-12-26)22(27)23-14-21-24-19-5-3-4-6-20(19)25-21/h3-8,13,17H,9-12,14H2,1-2H3,(H,23,27)(H,24,25). The molecule has 1 fully saturated rings. The number of amides is 1. The van der Waals surface area contributed by atoms with Gasteiger partial charge in [0.2, 0.25) is 15.9 Å². The fourth-order valence-corrected chi connectivity index (χ4v) is 5.34. The SMILES string of the molecule is Cc1ccc(S(=O)(=O)N2CCC(C(=O)NCc3nc4ccccc4[nH]3)CC2)cc1C. The summed E-state index contributed by atoms with van der Waals surface area (Å²) in [6, 6.07) is 12.9. The second kappa shape index (κ2) is 8.20. The van der Waals surface area contributed by atoms with E-state index >= 15 is 0 Å². The number of aromatic nitrogens is 2. The highest BCUT2D eigenvalue weighted by molar-refractivity contribution is 7.89. The molecule has 7 nitrogen and oxygen atoms in total. The molecule has 0 bridgehead atoms. The van der Waals surface area contributed by atoms with Gasteiger partial charge in [0.15, 0.2) is 0 Å². The Bertz CT molecular complexity index is 1150. The number of aromatic amines is 1. The lowest BCUT2D eigenvalue weighted by atomic mass is 9.97. The largest absolute Gasteiger partial charge is 0.349 e. The van der Waals surface area contributed by atoms with Crippen LogP contribution in [0.15, 0.2) is 47.4 Å². The number of carbonyl (C=O) groups is 1. The van der Waals surface area contributed by atoms with Crippen LogP contribution in [0.4, 0.5) is 0 Å². The minimum atomic E-state index is -3.53. The van der Waals surface area contributed by atoms with Crippen LogP contribution in [0.1, 0.15) is 29.8 Å². The van der Waals surface area contributed by atoms with Crippen molar-refractivity contribution in [3.05, 3.63) is 59.4 Å². The van der Waals surface area contributed by atoms with E-state index in [1.54, 1.807) is 12.1 Å². The predicted octanol–water partition coefficient (Wildman–Crippen LogP) is 2.90. The van der Waals surface area contributed by atoms with Gasteiger partial charge in [-0.05, 0) is 62.1 Å². The number of para-hydroxylation sites is 2. The molecule has 0 saturated carbocycles. The molecular formula is C22H26N4O3S. The van der Waals surface area contributed by atoms with Gasteiger partial charge in [0, 0.05) is 19.0 Å². The van der Waals surface area contributed by atoms with Gasteiger partial charge in [-0.15, -0.1) is 0 Å². The van der Waals surface area contributed by atoms with E-state index in [1.807, 2.05) is 44.2 Å². The molecule has 158 valence electrons. The fourth-order valence-electron chi connectivity index (χ4n) is 3.79. The maximum atomic E-state index is 12.9. The first-order valence-electron chi connectivity index (χ1n) is 10.1. The molecule has 2 N–H and O–H groups in total. The van der Waals surface area contributed by atoms with E-state index in [2.05, 4.69) is 15.3 Å². The highest BCUT2D eigenvalue weighted by atomic mass is 32.2. The van der Waals surface area contributed by atoms with Crippen molar-refractivity contribution >= 4 is 27.0 Å². The van der Waals surface area contributed by atoms with E-state index in [0.29, 0.717) is 43.2 Å². The predicted molar refractivity (Wildman–Crippen MR) is 115 cm³/mol. The maximum Gasteiger partial charge on any atom is 0.243 e. The Hall–Kier alpha value is -2.71. The molecule has 30 heavy (non-hydrogen) atoms. The molecule has 0 unspecified atom stereocenters. The van der Waals surface area contributed by atoms with E-state index in [1.165, 1.54) is 4.31 Å². The number of nitrogens with zero attached hydrogens (tertiary/aromatic N) is 2. The van der Waals surface area contributed by atoms with Crippen LogP contribution in [-0.2, 0) is 21.4 Å². The Kier molecular flexibility index (Phi) is 5.62. The van der Waals surface area contributed by atoms with Crippen molar-refractivity contribution in [2.24, 2.45) is 5.92 Å². The van der Waals surface area contributed by atoms with Crippen LogP contribution < -0.4 is 5.32 Å². The van der Waals surface area contributed by atoms with Crippen LogP contribution in [0.2, 0.25) is 0 Å². The molecule has 1 aliphatic rings.